The van der Waals surface area contributed by atoms with E-state index in [1.165, 1.54) is 6.07 Å². The van der Waals surface area contributed by atoms with E-state index in [4.69, 9.17) is 5.73 Å². The fourth-order valence-electron chi connectivity index (χ4n) is 1.83. The van der Waals surface area contributed by atoms with Crippen LogP contribution >= 0.6 is 28.3 Å². The van der Waals surface area contributed by atoms with Crippen LogP contribution in [-0.2, 0) is 6.18 Å². The van der Waals surface area contributed by atoms with Crippen molar-refractivity contribution in [2.24, 2.45) is 0 Å². The van der Waals surface area contributed by atoms with Crippen molar-refractivity contribution in [3.05, 3.63) is 27.7 Å². The number of hydrogen-bond donors (Lipinski definition) is 3. The number of halogens is 5. The normalized spacial score (nSPS) is 13.7. The first-order chi connectivity index (χ1) is 8.95. The van der Waals surface area contributed by atoms with Crippen LogP contribution in [0.1, 0.15) is 37.9 Å². The number of hydrogen-bond acceptors (Lipinski definition) is 3. The lowest BCUT2D eigenvalue weighted by Gasteiger charge is -2.28. The molecule has 122 valence electrons. The highest BCUT2D eigenvalue weighted by Crippen LogP contribution is 2.39. The molecule has 0 heterocycles. The number of aliphatic hydroxyl groups is 1. The summed E-state index contributed by atoms with van der Waals surface area (Å²) in [5, 5.41) is 12.5. The summed E-state index contributed by atoms with van der Waals surface area (Å²) in [4.78, 5) is 0. The van der Waals surface area contributed by atoms with Gasteiger partial charge in [-0.25, -0.2) is 0 Å². The molecule has 1 atom stereocenters. The van der Waals surface area contributed by atoms with Crippen molar-refractivity contribution in [1.82, 2.24) is 5.32 Å². The molecule has 0 saturated heterocycles. The number of nitrogen functional groups attached to an aromatic ring is 1. The molecule has 0 bridgehead atoms. The fraction of sp³-hybridized carbons (Fsp3) is 0.538. The zero-order valence-corrected chi connectivity index (χ0v) is 14.3. The second-order valence-corrected chi connectivity index (χ2v) is 6.45. The van der Waals surface area contributed by atoms with Crippen LogP contribution in [0.5, 0.6) is 0 Å². The topological polar surface area (TPSA) is 58.3 Å². The van der Waals surface area contributed by atoms with E-state index in [2.05, 4.69) is 21.2 Å². The minimum absolute atomic E-state index is 0. The van der Waals surface area contributed by atoms with Crippen molar-refractivity contribution in [1.29, 1.82) is 0 Å². The summed E-state index contributed by atoms with van der Waals surface area (Å²) in [5.41, 5.74) is 4.18. The van der Waals surface area contributed by atoms with E-state index in [0.29, 0.717) is 5.56 Å². The highest BCUT2D eigenvalue weighted by atomic mass is 79.9. The number of anilines is 1. The van der Waals surface area contributed by atoms with E-state index >= 15 is 0 Å². The number of nitrogens with one attached hydrogen (secondary N) is 1. The summed E-state index contributed by atoms with van der Waals surface area (Å²) in [6.45, 7) is 5.29. The molecule has 0 aliphatic carbocycles. The maximum absolute atomic E-state index is 12.9. The van der Waals surface area contributed by atoms with Gasteiger partial charge in [0.25, 0.3) is 0 Å². The summed E-state index contributed by atoms with van der Waals surface area (Å²) < 4.78 is 39.0. The SMILES string of the molecule is CC(C)(C)NC(CO)c1cc(Br)c(N)c(C(F)(F)F)c1.Cl. The van der Waals surface area contributed by atoms with E-state index in [0.717, 1.165) is 6.07 Å². The van der Waals surface area contributed by atoms with Crippen LogP contribution in [0.4, 0.5) is 18.9 Å². The van der Waals surface area contributed by atoms with Crippen molar-refractivity contribution in [2.75, 3.05) is 12.3 Å². The average molecular weight is 392 g/mol. The van der Waals surface area contributed by atoms with Crippen LogP contribution in [0.3, 0.4) is 0 Å². The molecule has 0 fully saturated rings. The van der Waals surface area contributed by atoms with Crippen LogP contribution in [0.2, 0.25) is 0 Å². The Bertz CT molecular complexity index is 490. The lowest BCUT2D eigenvalue weighted by molar-refractivity contribution is -0.137. The van der Waals surface area contributed by atoms with E-state index in [1.807, 2.05) is 20.8 Å². The van der Waals surface area contributed by atoms with Gasteiger partial charge in [0.05, 0.1) is 23.9 Å². The molecule has 1 unspecified atom stereocenters. The molecule has 0 aliphatic rings. The first-order valence-corrected chi connectivity index (χ1v) is 6.79. The van der Waals surface area contributed by atoms with Gasteiger partial charge in [-0.05, 0) is 54.4 Å². The number of nitrogens with two attached hydrogens (primary N) is 1. The van der Waals surface area contributed by atoms with Gasteiger partial charge in [0, 0.05) is 10.0 Å². The Morgan fingerprint density at radius 2 is 1.81 bits per heavy atom. The standard InChI is InChI=1S/C13H18BrF3N2O.ClH/c1-12(2,3)19-10(6-20)7-4-8(13(15,16)17)11(18)9(14)5-7;/h4-5,10,19-20H,6,18H2,1-3H3;1H. The van der Waals surface area contributed by atoms with Crippen LogP contribution in [0.15, 0.2) is 16.6 Å². The predicted octanol–water partition coefficient (Wildman–Crippen LogP) is 3.89. The number of alkyl halides is 3. The lowest BCUT2D eigenvalue weighted by Crippen LogP contribution is -2.40. The molecular formula is C13H19BrClF3N2O. The Kier molecular flexibility index (Phi) is 7.00. The van der Waals surface area contributed by atoms with Crippen molar-refractivity contribution in [3.63, 3.8) is 0 Å². The first-order valence-electron chi connectivity index (χ1n) is 6.00. The number of aliphatic hydroxyl groups excluding tert-OH is 1. The van der Waals surface area contributed by atoms with Crippen LogP contribution in [0, 0.1) is 0 Å². The van der Waals surface area contributed by atoms with Gasteiger partial charge in [0.2, 0.25) is 0 Å². The molecule has 0 amide bonds. The lowest BCUT2D eigenvalue weighted by atomic mass is 9.99. The molecule has 0 aliphatic heterocycles. The van der Waals surface area contributed by atoms with Gasteiger partial charge in [0.1, 0.15) is 0 Å². The maximum Gasteiger partial charge on any atom is 0.418 e. The van der Waals surface area contributed by atoms with Gasteiger partial charge in [-0.2, -0.15) is 13.2 Å². The van der Waals surface area contributed by atoms with E-state index in [1.54, 1.807) is 0 Å². The zero-order valence-electron chi connectivity index (χ0n) is 11.9. The summed E-state index contributed by atoms with van der Waals surface area (Å²) in [6, 6.07) is 1.86. The molecule has 4 N–H and O–H groups in total. The molecular weight excluding hydrogens is 373 g/mol. The number of rotatable bonds is 3. The summed E-state index contributed by atoms with van der Waals surface area (Å²) >= 11 is 3.03. The molecule has 1 rings (SSSR count). The Labute approximate surface area is 136 Å². The van der Waals surface area contributed by atoms with Gasteiger partial charge in [-0.15, -0.1) is 12.4 Å². The highest BCUT2D eigenvalue weighted by molar-refractivity contribution is 9.10. The minimum atomic E-state index is -4.54. The molecule has 0 spiro atoms. The fourth-order valence-corrected chi connectivity index (χ4v) is 2.31. The third kappa shape index (κ3) is 5.65. The molecule has 1 aromatic carbocycles. The Hall–Kier alpha value is -0.500. The van der Waals surface area contributed by atoms with E-state index in [-0.39, 0.29) is 34.7 Å². The second kappa shape index (κ2) is 7.17. The highest BCUT2D eigenvalue weighted by Gasteiger charge is 2.35. The second-order valence-electron chi connectivity index (χ2n) is 5.59. The Balaban J connectivity index is 0.00000400. The molecule has 8 heteroatoms. The molecule has 21 heavy (non-hydrogen) atoms. The predicted molar refractivity (Wildman–Crippen MR) is 83.5 cm³/mol. The molecule has 1 aromatic rings. The largest absolute Gasteiger partial charge is 0.418 e. The monoisotopic (exact) mass is 390 g/mol. The summed E-state index contributed by atoms with van der Waals surface area (Å²) in [7, 11) is 0. The van der Waals surface area contributed by atoms with Crippen LogP contribution in [0.25, 0.3) is 0 Å². The van der Waals surface area contributed by atoms with Crippen molar-refractivity contribution in [2.45, 2.75) is 38.5 Å². The Morgan fingerprint density at radius 3 is 2.19 bits per heavy atom. The average Bonchev–Trinajstić information content (AvgIpc) is 2.26. The van der Waals surface area contributed by atoms with Gasteiger partial charge in [0.15, 0.2) is 0 Å². The van der Waals surface area contributed by atoms with E-state index in [9.17, 15) is 18.3 Å². The quantitative estimate of drug-likeness (QED) is 0.685. The molecule has 0 aromatic heterocycles. The van der Waals surface area contributed by atoms with Crippen molar-refractivity contribution < 1.29 is 18.3 Å². The maximum atomic E-state index is 12.9. The minimum Gasteiger partial charge on any atom is -0.397 e. The molecule has 0 saturated carbocycles. The molecule has 3 nitrogen and oxygen atoms in total. The van der Waals surface area contributed by atoms with Crippen molar-refractivity contribution >= 4 is 34.0 Å². The van der Waals surface area contributed by atoms with Gasteiger partial charge < -0.3 is 16.2 Å². The third-order valence-corrected chi connectivity index (χ3v) is 3.31. The smallest absolute Gasteiger partial charge is 0.397 e. The van der Waals surface area contributed by atoms with E-state index < -0.39 is 17.8 Å². The third-order valence-electron chi connectivity index (χ3n) is 2.65. The first kappa shape index (κ1) is 20.5. The molecule has 0 radical (unpaired) electrons. The van der Waals surface area contributed by atoms with Crippen molar-refractivity contribution in [3.8, 4) is 0 Å². The summed E-state index contributed by atoms with van der Waals surface area (Å²) in [5.74, 6) is 0. The Morgan fingerprint density at radius 1 is 1.29 bits per heavy atom. The van der Waals surface area contributed by atoms with Gasteiger partial charge in [-0.3, -0.25) is 0 Å². The van der Waals surface area contributed by atoms with Gasteiger partial charge >= 0.3 is 6.18 Å². The van der Waals surface area contributed by atoms with Gasteiger partial charge in [-0.1, -0.05) is 0 Å². The zero-order chi connectivity index (χ0) is 15.7. The van der Waals surface area contributed by atoms with Crippen LogP contribution in [-0.4, -0.2) is 17.3 Å². The number of benzene rings is 1. The summed E-state index contributed by atoms with van der Waals surface area (Å²) in [6.07, 6.45) is -4.54. The van der Waals surface area contributed by atoms with Crippen LogP contribution < -0.4 is 11.1 Å².